The van der Waals surface area contributed by atoms with Gasteiger partial charge in [-0.15, -0.1) is 0 Å². The maximum atomic E-state index is 12.1. The van der Waals surface area contributed by atoms with Gasteiger partial charge in [-0.05, 0) is 49.2 Å². The summed E-state index contributed by atoms with van der Waals surface area (Å²) in [7, 11) is 0. The van der Waals surface area contributed by atoms with E-state index >= 15 is 0 Å². The molecule has 3 aromatic rings. The lowest BCUT2D eigenvalue weighted by Gasteiger charge is -2.10. The van der Waals surface area contributed by atoms with Crippen molar-refractivity contribution in [1.29, 1.82) is 0 Å². The van der Waals surface area contributed by atoms with Crippen LogP contribution in [0, 0.1) is 13.8 Å². The number of pyridine rings is 1. The van der Waals surface area contributed by atoms with Crippen molar-refractivity contribution in [1.82, 2.24) is 4.98 Å². The summed E-state index contributed by atoms with van der Waals surface area (Å²) in [6, 6.07) is 16.0. The molecule has 0 saturated heterocycles. The van der Waals surface area contributed by atoms with Crippen LogP contribution in [0.5, 0.6) is 0 Å². The predicted molar refractivity (Wildman–Crippen MR) is 99.4 cm³/mol. The second kappa shape index (κ2) is 7.13. The van der Waals surface area contributed by atoms with Crippen molar-refractivity contribution in [3.8, 4) is 0 Å². The molecule has 1 amide bonds. The summed E-state index contributed by atoms with van der Waals surface area (Å²) < 4.78 is 0. The van der Waals surface area contributed by atoms with Crippen molar-refractivity contribution < 1.29 is 4.79 Å². The van der Waals surface area contributed by atoms with Gasteiger partial charge in [0.2, 0.25) is 5.91 Å². The van der Waals surface area contributed by atoms with Crippen molar-refractivity contribution in [3.63, 3.8) is 0 Å². The van der Waals surface area contributed by atoms with Gasteiger partial charge in [0, 0.05) is 30.2 Å². The van der Waals surface area contributed by atoms with E-state index in [2.05, 4.69) is 21.7 Å². The van der Waals surface area contributed by atoms with E-state index in [1.807, 2.05) is 56.3 Å². The van der Waals surface area contributed by atoms with Crippen LogP contribution in [0.25, 0.3) is 10.9 Å². The molecule has 0 spiro atoms. The average molecular weight is 319 g/mol. The number of carbonyl (C=O) groups excluding carboxylic acids is 1. The number of hydrogen-bond acceptors (Lipinski definition) is 3. The first-order chi connectivity index (χ1) is 11.6. The molecule has 4 heteroatoms. The van der Waals surface area contributed by atoms with Crippen molar-refractivity contribution in [3.05, 3.63) is 65.9 Å². The minimum Gasteiger partial charge on any atom is -0.383 e. The Hall–Kier alpha value is -2.88. The summed E-state index contributed by atoms with van der Waals surface area (Å²) in [6.07, 6.45) is 2.18. The molecular formula is C20H21N3O. The Morgan fingerprint density at radius 1 is 1.04 bits per heavy atom. The molecule has 0 aliphatic rings. The third-order valence-corrected chi connectivity index (χ3v) is 3.81. The van der Waals surface area contributed by atoms with Gasteiger partial charge in [-0.1, -0.05) is 24.3 Å². The molecule has 122 valence electrons. The SMILES string of the molecule is Cc1cc(C)cc(NC(=O)CCNc2cccc3cccnc23)c1. The van der Waals surface area contributed by atoms with Crippen LogP contribution in [0.1, 0.15) is 17.5 Å². The van der Waals surface area contributed by atoms with Gasteiger partial charge in [0.15, 0.2) is 0 Å². The standard InChI is InChI=1S/C20H21N3O/c1-14-11-15(2)13-17(12-14)23-19(24)8-10-21-18-7-3-5-16-6-4-9-22-20(16)18/h3-7,9,11-13,21H,8,10H2,1-2H3,(H,23,24). The van der Waals surface area contributed by atoms with Gasteiger partial charge in [-0.25, -0.2) is 0 Å². The van der Waals surface area contributed by atoms with Gasteiger partial charge in [0.05, 0.1) is 11.2 Å². The fraction of sp³-hybridized carbons (Fsp3) is 0.200. The molecule has 24 heavy (non-hydrogen) atoms. The first kappa shape index (κ1) is 16.0. The number of fused-ring (bicyclic) bond motifs is 1. The van der Waals surface area contributed by atoms with E-state index in [1.54, 1.807) is 6.20 Å². The molecular weight excluding hydrogens is 298 g/mol. The van der Waals surface area contributed by atoms with Crippen LogP contribution in [0.4, 0.5) is 11.4 Å². The second-order valence-corrected chi connectivity index (χ2v) is 5.98. The molecule has 0 atom stereocenters. The molecule has 0 saturated carbocycles. The maximum absolute atomic E-state index is 12.1. The van der Waals surface area contributed by atoms with Crippen molar-refractivity contribution in [2.45, 2.75) is 20.3 Å². The molecule has 0 aliphatic carbocycles. The minimum atomic E-state index is 0.000644. The second-order valence-electron chi connectivity index (χ2n) is 5.98. The molecule has 0 unspecified atom stereocenters. The van der Waals surface area contributed by atoms with Crippen molar-refractivity contribution in [2.75, 3.05) is 17.2 Å². The number of hydrogen-bond donors (Lipinski definition) is 2. The number of para-hydroxylation sites is 1. The molecule has 1 aromatic heterocycles. The highest BCUT2D eigenvalue weighted by Gasteiger charge is 2.05. The Bertz CT molecular complexity index is 848. The zero-order valence-corrected chi connectivity index (χ0v) is 14.0. The lowest BCUT2D eigenvalue weighted by Crippen LogP contribution is -2.16. The Morgan fingerprint density at radius 3 is 2.58 bits per heavy atom. The number of aryl methyl sites for hydroxylation is 2. The summed E-state index contributed by atoms with van der Waals surface area (Å²) in [5.74, 6) is 0.000644. The van der Waals surface area contributed by atoms with E-state index in [1.165, 1.54) is 0 Å². The maximum Gasteiger partial charge on any atom is 0.226 e. The Kier molecular flexibility index (Phi) is 4.75. The zero-order valence-electron chi connectivity index (χ0n) is 14.0. The van der Waals surface area contributed by atoms with Gasteiger partial charge >= 0.3 is 0 Å². The molecule has 1 heterocycles. The van der Waals surface area contributed by atoms with E-state index in [0.29, 0.717) is 13.0 Å². The first-order valence-electron chi connectivity index (χ1n) is 8.07. The highest BCUT2D eigenvalue weighted by Crippen LogP contribution is 2.20. The molecule has 4 nitrogen and oxygen atoms in total. The van der Waals surface area contributed by atoms with Crippen molar-refractivity contribution in [2.24, 2.45) is 0 Å². The summed E-state index contributed by atoms with van der Waals surface area (Å²) in [5.41, 5.74) is 5.02. The van der Waals surface area contributed by atoms with Crippen LogP contribution in [0.2, 0.25) is 0 Å². The van der Waals surface area contributed by atoms with Crippen LogP contribution in [-0.2, 0) is 4.79 Å². The summed E-state index contributed by atoms with van der Waals surface area (Å²) in [5, 5.41) is 7.34. The molecule has 0 radical (unpaired) electrons. The van der Waals surface area contributed by atoms with E-state index in [-0.39, 0.29) is 5.91 Å². The monoisotopic (exact) mass is 319 g/mol. The molecule has 0 bridgehead atoms. The Morgan fingerprint density at radius 2 is 1.79 bits per heavy atom. The van der Waals surface area contributed by atoms with Crippen LogP contribution in [0.15, 0.2) is 54.7 Å². The van der Waals surface area contributed by atoms with Gasteiger partial charge in [0.1, 0.15) is 0 Å². The minimum absolute atomic E-state index is 0.000644. The van der Waals surface area contributed by atoms with Gasteiger partial charge in [-0.3, -0.25) is 9.78 Å². The molecule has 0 aliphatic heterocycles. The smallest absolute Gasteiger partial charge is 0.226 e. The van der Waals surface area contributed by atoms with Gasteiger partial charge < -0.3 is 10.6 Å². The van der Waals surface area contributed by atoms with Crippen LogP contribution < -0.4 is 10.6 Å². The van der Waals surface area contributed by atoms with E-state index in [9.17, 15) is 4.79 Å². The lowest BCUT2D eigenvalue weighted by atomic mass is 10.1. The highest BCUT2D eigenvalue weighted by atomic mass is 16.1. The number of aromatic nitrogens is 1. The summed E-state index contributed by atoms with van der Waals surface area (Å²) in [6.45, 7) is 4.61. The van der Waals surface area contributed by atoms with Crippen molar-refractivity contribution >= 4 is 28.2 Å². The number of rotatable bonds is 5. The largest absolute Gasteiger partial charge is 0.383 e. The number of nitrogens with zero attached hydrogens (tertiary/aromatic N) is 1. The van der Waals surface area contributed by atoms with E-state index in [0.717, 1.165) is 33.4 Å². The molecule has 0 fully saturated rings. The average Bonchev–Trinajstić information content (AvgIpc) is 2.54. The fourth-order valence-corrected chi connectivity index (χ4v) is 2.83. The van der Waals surface area contributed by atoms with Gasteiger partial charge in [0.25, 0.3) is 0 Å². The van der Waals surface area contributed by atoms with Crippen LogP contribution in [-0.4, -0.2) is 17.4 Å². The number of nitrogens with one attached hydrogen (secondary N) is 2. The molecule has 2 aromatic carbocycles. The number of amides is 1. The summed E-state index contributed by atoms with van der Waals surface area (Å²) >= 11 is 0. The quantitative estimate of drug-likeness (QED) is 0.737. The summed E-state index contributed by atoms with van der Waals surface area (Å²) in [4.78, 5) is 16.5. The van der Waals surface area contributed by atoms with Crippen LogP contribution >= 0.6 is 0 Å². The highest BCUT2D eigenvalue weighted by molar-refractivity contribution is 5.92. The number of benzene rings is 2. The van der Waals surface area contributed by atoms with Crippen LogP contribution in [0.3, 0.4) is 0 Å². The lowest BCUT2D eigenvalue weighted by molar-refractivity contribution is -0.115. The Balaban J connectivity index is 1.58. The number of carbonyl (C=O) groups is 1. The Labute approximate surface area is 141 Å². The van der Waals surface area contributed by atoms with E-state index < -0.39 is 0 Å². The van der Waals surface area contributed by atoms with E-state index in [4.69, 9.17) is 0 Å². The predicted octanol–water partition coefficient (Wildman–Crippen LogP) is 4.29. The molecule has 3 rings (SSSR count). The molecule has 2 N–H and O–H groups in total. The third-order valence-electron chi connectivity index (χ3n) is 3.81. The van der Waals surface area contributed by atoms with Gasteiger partial charge in [-0.2, -0.15) is 0 Å². The normalized spacial score (nSPS) is 10.6. The topological polar surface area (TPSA) is 54.0 Å². The first-order valence-corrected chi connectivity index (χ1v) is 8.07. The third kappa shape index (κ3) is 3.90. The number of anilines is 2. The zero-order chi connectivity index (χ0) is 16.9. The fourth-order valence-electron chi connectivity index (χ4n) is 2.83.